The van der Waals surface area contributed by atoms with Crippen LogP contribution in [-0.4, -0.2) is 29.2 Å². The molecule has 1 unspecified atom stereocenters. The molecule has 1 fully saturated rings. The summed E-state index contributed by atoms with van der Waals surface area (Å²) >= 11 is 0. The summed E-state index contributed by atoms with van der Waals surface area (Å²) in [6, 6.07) is 0.534. The van der Waals surface area contributed by atoms with Gasteiger partial charge in [-0.1, -0.05) is 0 Å². The molecule has 0 spiro atoms. The van der Waals surface area contributed by atoms with Crippen molar-refractivity contribution in [3.63, 3.8) is 0 Å². The quantitative estimate of drug-likeness (QED) is 0.766. The zero-order valence-corrected chi connectivity index (χ0v) is 8.15. The third kappa shape index (κ3) is 2.75. The van der Waals surface area contributed by atoms with Crippen molar-refractivity contribution in [1.82, 2.24) is 15.3 Å². The van der Waals surface area contributed by atoms with Gasteiger partial charge >= 0.3 is 0 Å². The molecule has 0 aliphatic carbocycles. The van der Waals surface area contributed by atoms with E-state index in [1.807, 2.05) is 0 Å². The van der Waals surface area contributed by atoms with Crippen LogP contribution >= 0.6 is 0 Å². The molecular weight excluding hydrogens is 178 g/mol. The van der Waals surface area contributed by atoms with Gasteiger partial charge in [0.2, 0.25) is 0 Å². The van der Waals surface area contributed by atoms with Crippen molar-refractivity contribution in [1.29, 1.82) is 0 Å². The largest absolute Gasteiger partial charge is 0.373 e. The zero-order valence-electron chi connectivity index (χ0n) is 8.15. The van der Waals surface area contributed by atoms with Crippen LogP contribution in [0.1, 0.15) is 18.5 Å². The van der Waals surface area contributed by atoms with Gasteiger partial charge in [-0.25, -0.2) is 0 Å². The first-order valence-electron chi connectivity index (χ1n) is 5.01. The van der Waals surface area contributed by atoms with Gasteiger partial charge in [-0.3, -0.25) is 9.97 Å². The Bertz CT molecular complexity index is 259. The molecule has 4 nitrogen and oxygen atoms in total. The first-order chi connectivity index (χ1) is 6.95. The molecule has 1 atom stereocenters. The lowest BCUT2D eigenvalue weighted by Crippen LogP contribution is -2.26. The molecule has 4 heteroatoms. The first kappa shape index (κ1) is 9.55. The van der Waals surface area contributed by atoms with Crippen molar-refractivity contribution in [2.24, 2.45) is 0 Å². The lowest BCUT2D eigenvalue weighted by atomic mass is 10.2. The Kier molecular flexibility index (Phi) is 3.43. The number of nitrogens with one attached hydrogen (secondary N) is 1. The zero-order chi connectivity index (χ0) is 9.64. The van der Waals surface area contributed by atoms with Crippen LogP contribution in [-0.2, 0) is 11.3 Å². The molecular formula is C10H15N3O. The van der Waals surface area contributed by atoms with E-state index in [0.29, 0.717) is 12.6 Å². The fourth-order valence-corrected chi connectivity index (χ4v) is 1.61. The van der Waals surface area contributed by atoms with Crippen LogP contribution in [0.15, 0.2) is 18.6 Å². The van der Waals surface area contributed by atoms with Crippen LogP contribution in [0.5, 0.6) is 0 Å². The van der Waals surface area contributed by atoms with Crippen LogP contribution < -0.4 is 5.32 Å². The molecule has 0 bridgehead atoms. The van der Waals surface area contributed by atoms with Crippen molar-refractivity contribution in [3.8, 4) is 0 Å². The molecule has 0 saturated carbocycles. The highest BCUT2D eigenvalue weighted by Gasteiger charge is 2.13. The minimum absolute atomic E-state index is 0.534. The van der Waals surface area contributed by atoms with Crippen LogP contribution in [0.25, 0.3) is 0 Å². The average molecular weight is 193 g/mol. The van der Waals surface area contributed by atoms with E-state index >= 15 is 0 Å². The summed E-state index contributed by atoms with van der Waals surface area (Å²) in [6.45, 7) is 2.46. The normalized spacial score (nSPS) is 21.3. The summed E-state index contributed by atoms with van der Waals surface area (Å²) in [7, 11) is 0. The molecule has 2 rings (SSSR count). The molecule has 0 amide bonds. The molecule has 1 saturated heterocycles. The van der Waals surface area contributed by atoms with Crippen LogP contribution in [0.4, 0.5) is 0 Å². The Morgan fingerprint density at radius 2 is 2.50 bits per heavy atom. The highest BCUT2D eigenvalue weighted by molar-refractivity contribution is 4.92. The van der Waals surface area contributed by atoms with Gasteiger partial charge in [0.1, 0.15) is 0 Å². The minimum atomic E-state index is 0.534. The molecule has 1 aliphatic rings. The maximum absolute atomic E-state index is 5.54. The molecule has 76 valence electrons. The second-order valence-corrected chi connectivity index (χ2v) is 3.51. The van der Waals surface area contributed by atoms with Gasteiger partial charge < -0.3 is 10.1 Å². The van der Waals surface area contributed by atoms with E-state index in [2.05, 4.69) is 15.3 Å². The summed E-state index contributed by atoms with van der Waals surface area (Å²) in [5.41, 5.74) is 0.894. The number of nitrogens with zero attached hydrogens (tertiary/aromatic N) is 2. The third-order valence-electron chi connectivity index (χ3n) is 2.35. The highest BCUT2D eigenvalue weighted by atomic mass is 16.5. The van der Waals surface area contributed by atoms with Gasteiger partial charge in [-0.2, -0.15) is 0 Å². The van der Waals surface area contributed by atoms with Gasteiger partial charge in [0, 0.05) is 18.4 Å². The smallest absolute Gasteiger partial charge is 0.0904 e. The number of aromatic nitrogens is 2. The van der Waals surface area contributed by atoms with Crippen molar-refractivity contribution in [2.45, 2.75) is 25.5 Å². The van der Waals surface area contributed by atoms with Crippen molar-refractivity contribution >= 4 is 0 Å². The first-order valence-corrected chi connectivity index (χ1v) is 5.01. The van der Waals surface area contributed by atoms with Gasteiger partial charge in [-0.05, 0) is 19.4 Å². The van der Waals surface area contributed by atoms with Gasteiger partial charge in [0.15, 0.2) is 0 Å². The van der Waals surface area contributed by atoms with Crippen molar-refractivity contribution in [3.05, 3.63) is 24.3 Å². The lowest BCUT2D eigenvalue weighted by molar-refractivity contribution is 0.101. The number of hydrogen-bond donors (Lipinski definition) is 1. The Balaban J connectivity index is 1.67. The van der Waals surface area contributed by atoms with E-state index < -0.39 is 0 Å². The fourth-order valence-electron chi connectivity index (χ4n) is 1.61. The van der Waals surface area contributed by atoms with Crippen molar-refractivity contribution in [2.75, 3.05) is 13.2 Å². The fraction of sp³-hybridized carbons (Fsp3) is 0.600. The molecule has 1 aromatic rings. The number of rotatable bonds is 4. The summed E-state index contributed by atoms with van der Waals surface area (Å²) in [4.78, 5) is 8.11. The number of ether oxygens (including phenoxy) is 1. The second kappa shape index (κ2) is 5.02. The van der Waals surface area contributed by atoms with E-state index in [9.17, 15) is 0 Å². The summed E-state index contributed by atoms with van der Waals surface area (Å²) in [5.74, 6) is 0. The monoisotopic (exact) mass is 193 g/mol. The molecule has 1 aliphatic heterocycles. The summed E-state index contributed by atoms with van der Waals surface area (Å²) in [5, 5.41) is 3.38. The molecule has 2 heterocycles. The van der Waals surface area contributed by atoms with Crippen LogP contribution in [0, 0.1) is 0 Å². The predicted octanol–water partition coefficient (Wildman–Crippen LogP) is 0.745. The Morgan fingerprint density at radius 3 is 3.21 bits per heavy atom. The van der Waals surface area contributed by atoms with Gasteiger partial charge in [0.25, 0.3) is 0 Å². The predicted molar refractivity (Wildman–Crippen MR) is 52.7 cm³/mol. The average Bonchev–Trinajstić information content (AvgIpc) is 2.72. The second-order valence-electron chi connectivity index (χ2n) is 3.51. The highest BCUT2D eigenvalue weighted by Crippen LogP contribution is 2.05. The molecule has 1 N–H and O–H groups in total. The standard InChI is InChI=1S/C10H15N3O/c1-2-9(12-3-1)7-14-8-10-6-11-4-5-13-10/h4-6,9,12H,1-3,7-8H2. The minimum Gasteiger partial charge on any atom is -0.373 e. The van der Waals surface area contributed by atoms with Crippen LogP contribution in [0.3, 0.4) is 0 Å². The van der Waals surface area contributed by atoms with Crippen molar-refractivity contribution < 1.29 is 4.74 Å². The van der Waals surface area contributed by atoms with Gasteiger partial charge in [0.05, 0.1) is 25.1 Å². The number of hydrogen-bond acceptors (Lipinski definition) is 4. The lowest BCUT2D eigenvalue weighted by Gasteiger charge is -2.09. The Labute approximate surface area is 83.7 Å². The summed E-state index contributed by atoms with van der Waals surface area (Å²) in [6.07, 6.45) is 7.58. The van der Waals surface area contributed by atoms with E-state index in [4.69, 9.17) is 4.74 Å². The Hall–Kier alpha value is -1.00. The van der Waals surface area contributed by atoms with E-state index in [1.54, 1.807) is 18.6 Å². The third-order valence-corrected chi connectivity index (χ3v) is 2.35. The maximum atomic E-state index is 5.54. The van der Waals surface area contributed by atoms with Crippen LogP contribution in [0.2, 0.25) is 0 Å². The van der Waals surface area contributed by atoms with Gasteiger partial charge in [-0.15, -0.1) is 0 Å². The van der Waals surface area contributed by atoms with E-state index in [1.165, 1.54) is 12.8 Å². The van der Waals surface area contributed by atoms with E-state index in [-0.39, 0.29) is 0 Å². The summed E-state index contributed by atoms with van der Waals surface area (Å²) < 4.78 is 5.54. The topological polar surface area (TPSA) is 47.0 Å². The SMILES string of the molecule is c1cnc(COCC2CCCN2)cn1. The molecule has 0 radical (unpaired) electrons. The van der Waals surface area contributed by atoms with E-state index in [0.717, 1.165) is 18.8 Å². The molecule has 14 heavy (non-hydrogen) atoms. The molecule has 1 aromatic heterocycles. The maximum Gasteiger partial charge on any atom is 0.0904 e. The Morgan fingerprint density at radius 1 is 1.50 bits per heavy atom. The molecule has 0 aromatic carbocycles.